The molecule has 0 bridgehead atoms. The summed E-state index contributed by atoms with van der Waals surface area (Å²) >= 11 is 0. The normalized spacial score (nSPS) is 22.0. The Morgan fingerprint density at radius 3 is 2.73 bits per heavy atom. The molecular formula is C7H9NO2S. The van der Waals surface area contributed by atoms with Crippen LogP contribution in [0.1, 0.15) is 0 Å². The molecule has 0 radical (unpaired) electrons. The third-order valence-electron chi connectivity index (χ3n) is 1.70. The van der Waals surface area contributed by atoms with Crippen molar-refractivity contribution in [1.82, 2.24) is 0 Å². The lowest BCUT2D eigenvalue weighted by atomic mass is 10.3. The molecule has 0 spiro atoms. The summed E-state index contributed by atoms with van der Waals surface area (Å²) in [6, 6.07) is 7.26. The van der Waals surface area contributed by atoms with Gasteiger partial charge in [0.2, 0.25) is 0 Å². The standard InChI is InChI=1S/C7H9NO2S/c9-11(10)5-8-6-3-1-2-4-7(6)11/h1-4,8-10H,5H2. The first kappa shape index (κ1) is 6.97. The first-order valence-electron chi connectivity index (χ1n) is 3.29. The fraction of sp³-hybridized carbons (Fsp3) is 0.143. The predicted octanol–water partition coefficient (Wildman–Crippen LogP) is 2.18. The van der Waals surface area contributed by atoms with E-state index >= 15 is 0 Å². The lowest BCUT2D eigenvalue weighted by Gasteiger charge is -2.25. The van der Waals surface area contributed by atoms with E-state index in [1.807, 2.05) is 12.1 Å². The van der Waals surface area contributed by atoms with Crippen LogP contribution >= 0.6 is 10.6 Å². The van der Waals surface area contributed by atoms with Gasteiger partial charge in [0.05, 0.1) is 10.6 Å². The van der Waals surface area contributed by atoms with Crippen molar-refractivity contribution < 1.29 is 9.11 Å². The van der Waals surface area contributed by atoms with Gasteiger partial charge in [-0.15, -0.1) is 10.6 Å². The fourth-order valence-electron chi connectivity index (χ4n) is 1.15. The Labute approximate surface area is 66.4 Å². The molecule has 0 aliphatic carbocycles. The summed E-state index contributed by atoms with van der Waals surface area (Å²) in [4.78, 5) is 0.639. The molecule has 0 fully saturated rings. The Hall–Kier alpha value is -0.710. The smallest absolute Gasteiger partial charge is 0.111 e. The number of rotatable bonds is 0. The zero-order chi connectivity index (χ0) is 7.90. The molecule has 11 heavy (non-hydrogen) atoms. The first-order chi connectivity index (χ1) is 5.20. The van der Waals surface area contributed by atoms with E-state index in [1.54, 1.807) is 12.1 Å². The van der Waals surface area contributed by atoms with Crippen molar-refractivity contribution in [2.75, 3.05) is 11.2 Å². The highest BCUT2D eigenvalue weighted by Gasteiger charge is 2.24. The van der Waals surface area contributed by atoms with E-state index in [-0.39, 0.29) is 5.88 Å². The zero-order valence-electron chi connectivity index (χ0n) is 5.82. The minimum atomic E-state index is -2.52. The van der Waals surface area contributed by atoms with Crippen LogP contribution in [-0.4, -0.2) is 15.0 Å². The number of fused-ring (bicyclic) bond motifs is 1. The van der Waals surface area contributed by atoms with Crippen molar-refractivity contribution >= 4 is 16.3 Å². The minimum absolute atomic E-state index is 0.256. The number of hydrogen-bond acceptors (Lipinski definition) is 3. The van der Waals surface area contributed by atoms with Crippen LogP contribution < -0.4 is 5.32 Å². The topological polar surface area (TPSA) is 52.5 Å². The van der Waals surface area contributed by atoms with Gasteiger partial charge in [-0.05, 0) is 12.1 Å². The number of anilines is 1. The van der Waals surface area contributed by atoms with E-state index in [9.17, 15) is 9.11 Å². The molecule has 1 aromatic rings. The summed E-state index contributed by atoms with van der Waals surface area (Å²) in [5.74, 6) is 0.256. The molecule has 0 atom stereocenters. The van der Waals surface area contributed by atoms with Crippen LogP contribution in [0.15, 0.2) is 29.2 Å². The molecule has 2 rings (SSSR count). The Bertz CT molecular complexity index is 288. The van der Waals surface area contributed by atoms with Crippen molar-refractivity contribution in [3.8, 4) is 0 Å². The Balaban J connectivity index is 2.56. The van der Waals surface area contributed by atoms with E-state index in [0.717, 1.165) is 5.69 Å². The summed E-state index contributed by atoms with van der Waals surface area (Å²) < 4.78 is 18.8. The number of nitrogens with one attached hydrogen (secondary N) is 1. The minimum Gasteiger partial charge on any atom is -0.366 e. The van der Waals surface area contributed by atoms with E-state index < -0.39 is 10.6 Å². The monoisotopic (exact) mass is 171 g/mol. The molecule has 0 saturated carbocycles. The second kappa shape index (κ2) is 2.14. The highest BCUT2D eigenvalue weighted by molar-refractivity contribution is 8.24. The van der Waals surface area contributed by atoms with Crippen LogP contribution in [0.5, 0.6) is 0 Å². The predicted molar refractivity (Wildman–Crippen MR) is 46.0 cm³/mol. The molecule has 3 N–H and O–H groups in total. The third-order valence-corrected chi connectivity index (χ3v) is 3.31. The number of benzene rings is 1. The van der Waals surface area contributed by atoms with Crippen LogP contribution in [0, 0.1) is 0 Å². The maximum absolute atomic E-state index is 9.42. The van der Waals surface area contributed by atoms with Gasteiger partial charge in [-0.3, -0.25) is 9.11 Å². The average molecular weight is 171 g/mol. The van der Waals surface area contributed by atoms with E-state index in [1.165, 1.54) is 0 Å². The van der Waals surface area contributed by atoms with Crippen molar-refractivity contribution in [3.05, 3.63) is 24.3 Å². The number of para-hydroxylation sites is 1. The summed E-state index contributed by atoms with van der Waals surface area (Å²) in [6.45, 7) is 0. The highest BCUT2D eigenvalue weighted by Crippen LogP contribution is 2.55. The molecule has 1 heterocycles. The van der Waals surface area contributed by atoms with Gasteiger partial charge in [-0.25, -0.2) is 0 Å². The maximum atomic E-state index is 9.42. The lowest BCUT2D eigenvalue weighted by Crippen LogP contribution is -2.00. The van der Waals surface area contributed by atoms with E-state index in [0.29, 0.717) is 4.90 Å². The van der Waals surface area contributed by atoms with Gasteiger partial charge in [-0.1, -0.05) is 12.1 Å². The van der Waals surface area contributed by atoms with Crippen LogP contribution in [0.25, 0.3) is 0 Å². The van der Waals surface area contributed by atoms with E-state index in [2.05, 4.69) is 5.32 Å². The molecule has 4 heteroatoms. The highest BCUT2D eigenvalue weighted by atomic mass is 32.3. The molecule has 0 amide bonds. The Morgan fingerprint density at radius 1 is 1.27 bits per heavy atom. The summed E-state index contributed by atoms with van der Waals surface area (Å²) in [5.41, 5.74) is 0.840. The van der Waals surface area contributed by atoms with Gasteiger partial charge in [0.1, 0.15) is 5.88 Å². The maximum Gasteiger partial charge on any atom is 0.111 e. The van der Waals surface area contributed by atoms with Crippen molar-refractivity contribution in [2.45, 2.75) is 4.90 Å². The van der Waals surface area contributed by atoms with Gasteiger partial charge in [0, 0.05) is 0 Å². The van der Waals surface area contributed by atoms with Gasteiger partial charge < -0.3 is 5.32 Å². The van der Waals surface area contributed by atoms with E-state index in [4.69, 9.17) is 0 Å². The van der Waals surface area contributed by atoms with Crippen LogP contribution in [-0.2, 0) is 0 Å². The molecule has 3 nitrogen and oxygen atoms in total. The SMILES string of the molecule is OS1(O)CNc2ccccc21. The largest absolute Gasteiger partial charge is 0.366 e. The molecule has 60 valence electrons. The van der Waals surface area contributed by atoms with Gasteiger partial charge in [-0.2, -0.15) is 0 Å². The second-order valence-electron chi connectivity index (χ2n) is 2.48. The van der Waals surface area contributed by atoms with Crippen LogP contribution in [0.4, 0.5) is 5.69 Å². The fourth-order valence-corrected chi connectivity index (χ4v) is 2.46. The van der Waals surface area contributed by atoms with Crippen molar-refractivity contribution in [2.24, 2.45) is 0 Å². The average Bonchev–Trinajstić information content (AvgIpc) is 2.29. The first-order valence-corrected chi connectivity index (χ1v) is 5.00. The Morgan fingerprint density at radius 2 is 2.00 bits per heavy atom. The van der Waals surface area contributed by atoms with Crippen molar-refractivity contribution in [3.63, 3.8) is 0 Å². The number of hydrogen-bond donors (Lipinski definition) is 3. The molecule has 1 aliphatic heterocycles. The van der Waals surface area contributed by atoms with Gasteiger partial charge >= 0.3 is 0 Å². The molecule has 0 aromatic heterocycles. The second-order valence-corrected chi connectivity index (χ2v) is 4.55. The van der Waals surface area contributed by atoms with Gasteiger partial charge in [0.25, 0.3) is 0 Å². The van der Waals surface area contributed by atoms with Crippen LogP contribution in [0.3, 0.4) is 0 Å². The zero-order valence-corrected chi connectivity index (χ0v) is 6.64. The van der Waals surface area contributed by atoms with Gasteiger partial charge in [0.15, 0.2) is 0 Å². The van der Waals surface area contributed by atoms with Crippen molar-refractivity contribution in [1.29, 1.82) is 0 Å². The Kier molecular flexibility index (Phi) is 1.35. The third kappa shape index (κ3) is 0.994. The molecule has 0 saturated heterocycles. The summed E-state index contributed by atoms with van der Waals surface area (Å²) in [6.07, 6.45) is 0. The molecule has 1 aromatic carbocycles. The quantitative estimate of drug-likeness (QED) is 0.560. The lowest BCUT2D eigenvalue weighted by molar-refractivity contribution is 0.493. The summed E-state index contributed by atoms with van der Waals surface area (Å²) in [5, 5.41) is 2.93. The molecular weight excluding hydrogens is 162 g/mol. The summed E-state index contributed by atoms with van der Waals surface area (Å²) in [7, 11) is -2.52. The molecule has 0 unspecified atom stereocenters. The van der Waals surface area contributed by atoms with Crippen LogP contribution in [0.2, 0.25) is 0 Å². The molecule has 1 aliphatic rings.